The summed E-state index contributed by atoms with van der Waals surface area (Å²) in [7, 11) is 0. The number of thioether (sulfide) groups is 1. The molecule has 2 aromatic carbocycles. The number of Topliss-reactive ketones (excluding diaryl/α,β-unsaturated/α-hetero) is 1. The van der Waals surface area contributed by atoms with Gasteiger partial charge in [-0.05, 0) is 50.1 Å². The third kappa shape index (κ3) is 5.63. The van der Waals surface area contributed by atoms with Crippen LogP contribution in [-0.4, -0.2) is 24.1 Å². The molecule has 0 aliphatic carbocycles. The number of para-hydroxylation sites is 1. The SMILES string of the molecule is CCOc1ccc(C(C)=O)cc1CSCC(=O)Nc1ccccc1CC. The highest BCUT2D eigenvalue weighted by Gasteiger charge is 2.10. The molecule has 4 nitrogen and oxygen atoms in total. The van der Waals surface area contributed by atoms with Crippen molar-refractivity contribution in [2.45, 2.75) is 32.9 Å². The van der Waals surface area contributed by atoms with E-state index in [9.17, 15) is 9.59 Å². The molecule has 0 heterocycles. The highest BCUT2D eigenvalue weighted by atomic mass is 32.2. The Labute approximate surface area is 159 Å². The number of carbonyl (C=O) groups excluding carboxylic acids is 2. The van der Waals surface area contributed by atoms with Crippen molar-refractivity contribution in [3.63, 3.8) is 0 Å². The molecule has 0 saturated carbocycles. The minimum Gasteiger partial charge on any atom is -0.494 e. The van der Waals surface area contributed by atoms with Crippen LogP contribution < -0.4 is 10.1 Å². The van der Waals surface area contributed by atoms with Gasteiger partial charge >= 0.3 is 0 Å². The number of ether oxygens (including phenoxy) is 1. The van der Waals surface area contributed by atoms with Crippen molar-refractivity contribution in [3.8, 4) is 5.75 Å². The standard InChI is InChI=1S/C21H25NO3S/c1-4-16-8-6-7-9-19(16)22-21(24)14-26-13-18-12-17(15(3)23)10-11-20(18)25-5-2/h6-12H,4-5,13-14H2,1-3H3,(H,22,24). The van der Waals surface area contributed by atoms with Crippen LogP contribution in [0.5, 0.6) is 5.75 Å². The molecule has 0 bridgehead atoms. The summed E-state index contributed by atoms with van der Waals surface area (Å²) in [6.45, 7) is 6.10. The summed E-state index contributed by atoms with van der Waals surface area (Å²) in [4.78, 5) is 23.8. The van der Waals surface area contributed by atoms with Gasteiger partial charge in [-0.3, -0.25) is 9.59 Å². The van der Waals surface area contributed by atoms with Crippen LogP contribution >= 0.6 is 11.8 Å². The highest BCUT2D eigenvalue weighted by molar-refractivity contribution is 7.99. The molecule has 1 amide bonds. The summed E-state index contributed by atoms with van der Waals surface area (Å²) in [5, 5.41) is 2.97. The van der Waals surface area contributed by atoms with Gasteiger partial charge in [-0.2, -0.15) is 0 Å². The second kappa shape index (κ2) is 10.0. The lowest BCUT2D eigenvalue weighted by atomic mass is 10.1. The maximum absolute atomic E-state index is 12.2. The lowest BCUT2D eigenvalue weighted by Gasteiger charge is -2.12. The first kappa shape index (κ1) is 20.0. The molecule has 0 aliphatic rings. The Hall–Kier alpha value is -2.27. The molecule has 0 radical (unpaired) electrons. The Morgan fingerprint density at radius 3 is 2.54 bits per heavy atom. The molecule has 0 atom stereocenters. The molecule has 0 unspecified atom stereocenters. The maximum Gasteiger partial charge on any atom is 0.234 e. The first-order valence-electron chi connectivity index (χ1n) is 8.77. The molecule has 0 spiro atoms. The van der Waals surface area contributed by atoms with E-state index in [-0.39, 0.29) is 11.7 Å². The van der Waals surface area contributed by atoms with Crippen LogP contribution in [0.2, 0.25) is 0 Å². The molecular weight excluding hydrogens is 346 g/mol. The lowest BCUT2D eigenvalue weighted by molar-refractivity contribution is -0.113. The number of hydrogen-bond donors (Lipinski definition) is 1. The van der Waals surface area contributed by atoms with Crippen LogP contribution in [0.4, 0.5) is 5.69 Å². The normalized spacial score (nSPS) is 10.4. The Bertz CT molecular complexity index is 774. The predicted molar refractivity (Wildman–Crippen MR) is 108 cm³/mol. The van der Waals surface area contributed by atoms with E-state index in [1.165, 1.54) is 11.8 Å². The Morgan fingerprint density at radius 2 is 1.85 bits per heavy atom. The Balaban J connectivity index is 1.97. The van der Waals surface area contributed by atoms with Gasteiger partial charge in [0.15, 0.2) is 5.78 Å². The zero-order chi connectivity index (χ0) is 18.9. The summed E-state index contributed by atoms with van der Waals surface area (Å²) in [5.74, 6) is 1.71. The predicted octanol–water partition coefficient (Wildman–Crippen LogP) is 4.72. The number of rotatable bonds is 9. The van der Waals surface area contributed by atoms with Gasteiger partial charge in [0, 0.05) is 22.6 Å². The molecular formula is C21H25NO3S. The quantitative estimate of drug-likeness (QED) is 0.648. The minimum absolute atomic E-state index is 0.0215. The number of aryl methyl sites for hydroxylation is 1. The van der Waals surface area contributed by atoms with Crippen molar-refractivity contribution in [1.29, 1.82) is 0 Å². The van der Waals surface area contributed by atoms with E-state index >= 15 is 0 Å². The first-order chi connectivity index (χ1) is 12.5. The Morgan fingerprint density at radius 1 is 1.08 bits per heavy atom. The second-order valence-electron chi connectivity index (χ2n) is 5.86. The summed E-state index contributed by atoms with van der Waals surface area (Å²) < 4.78 is 5.63. The fourth-order valence-electron chi connectivity index (χ4n) is 2.60. The average molecular weight is 372 g/mol. The Kier molecular flexibility index (Phi) is 7.73. The maximum atomic E-state index is 12.2. The van der Waals surface area contributed by atoms with E-state index in [4.69, 9.17) is 4.74 Å². The molecule has 138 valence electrons. The van der Waals surface area contributed by atoms with Crippen molar-refractivity contribution in [2.24, 2.45) is 0 Å². The van der Waals surface area contributed by atoms with Gasteiger partial charge in [-0.25, -0.2) is 0 Å². The molecule has 1 N–H and O–H groups in total. The van der Waals surface area contributed by atoms with Crippen molar-refractivity contribution >= 4 is 29.1 Å². The van der Waals surface area contributed by atoms with Crippen molar-refractivity contribution in [1.82, 2.24) is 0 Å². The van der Waals surface area contributed by atoms with Gasteiger partial charge in [-0.15, -0.1) is 11.8 Å². The number of hydrogen-bond acceptors (Lipinski definition) is 4. The van der Waals surface area contributed by atoms with E-state index < -0.39 is 0 Å². The third-order valence-corrected chi connectivity index (χ3v) is 4.91. The van der Waals surface area contributed by atoms with Crippen LogP contribution in [-0.2, 0) is 17.0 Å². The zero-order valence-electron chi connectivity index (χ0n) is 15.5. The van der Waals surface area contributed by atoms with Crippen LogP contribution in [0.3, 0.4) is 0 Å². The second-order valence-corrected chi connectivity index (χ2v) is 6.85. The van der Waals surface area contributed by atoms with Crippen molar-refractivity contribution in [2.75, 3.05) is 17.7 Å². The molecule has 0 aliphatic heterocycles. The molecule has 2 aromatic rings. The van der Waals surface area contributed by atoms with Gasteiger partial charge in [0.25, 0.3) is 0 Å². The van der Waals surface area contributed by atoms with Gasteiger partial charge in [-0.1, -0.05) is 25.1 Å². The molecule has 5 heteroatoms. The lowest BCUT2D eigenvalue weighted by Crippen LogP contribution is -2.15. The van der Waals surface area contributed by atoms with Crippen LogP contribution in [0.15, 0.2) is 42.5 Å². The highest BCUT2D eigenvalue weighted by Crippen LogP contribution is 2.25. The smallest absolute Gasteiger partial charge is 0.234 e. The fourth-order valence-corrected chi connectivity index (χ4v) is 3.40. The van der Waals surface area contributed by atoms with Crippen LogP contribution in [0, 0.1) is 0 Å². The first-order valence-corrected chi connectivity index (χ1v) is 9.92. The number of benzene rings is 2. The zero-order valence-corrected chi connectivity index (χ0v) is 16.3. The average Bonchev–Trinajstić information content (AvgIpc) is 2.63. The van der Waals surface area contributed by atoms with Crippen LogP contribution in [0.25, 0.3) is 0 Å². The largest absolute Gasteiger partial charge is 0.494 e. The molecule has 0 saturated heterocycles. The minimum atomic E-state index is -0.0309. The number of anilines is 1. The monoisotopic (exact) mass is 371 g/mol. The number of nitrogens with one attached hydrogen (secondary N) is 1. The van der Waals surface area contributed by atoms with Gasteiger partial charge in [0.05, 0.1) is 12.4 Å². The number of amides is 1. The molecule has 26 heavy (non-hydrogen) atoms. The number of ketones is 1. The molecule has 2 rings (SSSR count). The number of carbonyl (C=O) groups is 2. The summed E-state index contributed by atoms with van der Waals surface area (Å²) >= 11 is 1.50. The fraction of sp³-hybridized carbons (Fsp3) is 0.333. The summed E-state index contributed by atoms with van der Waals surface area (Å²) in [6.07, 6.45) is 0.874. The van der Waals surface area contributed by atoms with Gasteiger partial charge in [0.2, 0.25) is 5.91 Å². The van der Waals surface area contributed by atoms with Crippen molar-refractivity contribution in [3.05, 3.63) is 59.2 Å². The van der Waals surface area contributed by atoms with E-state index in [0.29, 0.717) is 23.7 Å². The summed E-state index contributed by atoms with van der Waals surface area (Å²) in [5.41, 5.74) is 3.59. The van der Waals surface area contributed by atoms with Crippen LogP contribution in [0.1, 0.15) is 42.3 Å². The van der Waals surface area contributed by atoms with E-state index in [0.717, 1.165) is 29.0 Å². The van der Waals surface area contributed by atoms with E-state index in [2.05, 4.69) is 12.2 Å². The summed E-state index contributed by atoms with van der Waals surface area (Å²) in [6, 6.07) is 13.3. The third-order valence-electron chi connectivity index (χ3n) is 3.93. The van der Waals surface area contributed by atoms with E-state index in [1.807, 2.05) is 43.3 Å². The van der Waals surface area contributed by atoms with Crippen molar-refractivity contribution < 1.29 is 14.3 Å². The molecule has 0 aromatic heterocycles. The van der Waals surface area contributed by atoms with Gasteiger partial charge in [0.1, 0.15) is 5.75 Å². The van der Waals surface area contributed by atoms with Gasteiger partial charge < -0.3 is 10.1 Å². The van der Waals surface area contributed by atoms with E-state index in [1.54, 1.807) is 13.0 Å². The molecule has 0 fully saturated rings. The topological polar surface area (TPSA) is 55.4 Å².